The van der Waals surface area contributed by atoms with Gasteiger partial charge >= 0.3 is 0 Å². The Morgan fingerprint density at radius 1 is 1.00 bits per heavy atom. The van der Waals surface area contributed by atoms with Gasteiger partial charge in [0.2, 0.25) is 11.8 Å². The first-order valence-electron chi connectivity index (χ1n) is 10.2. The molecule has 3 atom stereocenters. The van der Waals surface area contributed by atoms with E-state index < -0.39 is 0 Å². The zero-order valence-electron chi connectivity index (χ0n) is 17.1. The number of anilines is 2. The highest BCUT2D eigenvalue weighted by Gasteiger charge is 2.50. The summed E-state index contributed by atoms with van der Waals surface area (Å²) in [5, 5.41) is 2.92. The van der Waals surface area contributed by atoms with Crippen molar-refractivity contribution in [1.82, 2.24) is 0 Å². The fourth-order valence-corrected chi connectivity index (χ4v) is 4.58. The molecule has 0 bridgehead atoms. The van der Waals surface area contributed by atoms with Gasteiger partial charge in [-0.3, -0.25) is 19.3 Å². The number of nitrogens with zero attached hydrogens (tertiary/aromatic N) is 1. The van der Waals surface area contributed by atoms with Crippen molar-refractivity contribution in [1.29, 1.82) is 0 Å². The smallest absolute Gasteiger partial charge is 0.255 e. The Bertz CT molecular complexity index is 997. The normalized spacial score (nSPS) is 23.8. The molecular formula is C24H26N2O3. The average Bonchev–Trinajstić information content (AvgIpc) is 2.94. The monoisotopic (exact) mass is 390 g/mol. The van der Waals surface area contributed by atoms with Gasteiger partial charge in [-0.05, 0) is 68.9 Å². The third-order valence-electron chi connectivity index (χ3n) is 6.18. The molecule has 0 spiro atoms. The van der Waals surface area contributed by atoms with Gasteiger partial charge < -0.3 is 5.32 Å². The first-order valence-corrected chi connectivity index (χ1v) is 10.2. The van der Waals surface area contributed by atoms with Gasteiger partial charge in [-0.15, -0.1) is 0 Å². The van der Waals surface area contributed by atoms with Crippen molar-refractivity contribution < 1.29 is 14.4 Å². The van der Waals surface area contributed by atoms with Gasteiger partial charge in [-0.1, -0.05) is 30.7 Å². The summed E-state index contributed by atoms with van der Waals surface area (Å²) >= 11 is 0. The molecule has 1 aliphatic carbocycles. The number of carbonyl (C=O) groups excluding carboxylic acids is 3. The number of amides is 3. The van der Waals surface area contributed by atoms with Crippen molar-refractivity contribution in [2.24, 2.45) is 17.8 Å². The van der Waals surface area contributed by atoms with Crippen LogP contribution in [0.5, 0.6) is 0 Å². The minimum absolute atomic E-state index is 0.126. The van der Waals surface area contributed by atoms with E-state index in [0.717, 1.165) is 36.1 Å². The van der Waals surface area contributed by atoms with Crippen LogP contribution >= 0.6 is 0 Å². The molecule has 3 amide bonds. The lowest BCUT2D eigenvalue weighted by Gasteiger charge is -2.25. The van der Waals surface area contributed by atoms with Crippen LogP contribution in [0.25, 0.3) is 0 Å². The van der Waals surface area contributed by atoms with Crippen LogP contribution < -0.4 is 10.2 Å². The van der Waals surface area contributed by atoms with E-state index >= 15 is 0 Å². The van der Waals surface area contributed by atoms with E-state index in [9.17, 15) is 14.4 Å². The molecule has 5 nitrogen and oxygen atoms in total. The van der Waals surface area contributed by atoms with Gasteiger partial charge in [0, 0.05) is 11.3 Å². The van der Waals surface area contributed by atoms with Crippen molar-refractivity contribution in [3.05, 3.63) is 59.2 Å². The summed E-state index contributed by atoms with van der Waals surface area (Å²) in [4.78, 5) is 39.9. The molecule has 5 heteroatoms. The second kappa shape index (κ2) is 7.47. The molecule has 0 unspecified atom stereocenters. The maximum Gasteiger partial charge on any atom is 0.255 e. The number of nitrogens with one attached hydrogen (secondary N) is 1. The van der Waals surface area contributed by atoms with Crippen LogP contribution in [0.1, 0.15) is 47.7 Å². The molecule has 29 heavy (non-hydrogen) atoms. The van der Waals surface area contributed by atoms with Crippen molar-refractivity contribution in [3.63, 3.8) is 0 Å². The van der Waals surface area contributed by atoms with E-state index in [1.54, 1.807) is 24.3 Å². The number of fused-ring (bicyclic) bond motifs is 1. The number of rotatable bonds is 3. The number of aryl methyl sites for hydroxylation is 2. The van der Waals surface area contributed by atoms with Crippen LogP contribution in [-0.4, -0.2) is 17.7 Å². The Hall–Kier alpha value is -2.95. The number of imide groups is 1. The molecule has 2 aliphatic rings. The van der Waals surface area contributed by atoms with Gasteiger partial charge in [0.25, 0.3) is 5.91 Å². The van der Waals surface area contributed by atoms with Crippen LogP contribution in [0.3, 0.4) is 0 Å². The summed E-state index contributed by atoms with van der Waals surface area (Å²) < 4.78 is 0. The van der Waals surface area contributed by atoms with E-state index in [4.69, 9.17) is 0 Å². The highest BCUT2D eigenvalue weighted by Crippen LogP contribution is 2.42. The van der Waals surface area contributed by atoms with Crippen LogP contribution in [0.2, 0.25) is 0 Å². The molecule has 1 aliphatic heterocycles. The molecule has 0 radical (unpaired) electrons. The second-order valence-corrected chi connectivity index (χ2v) is 8.47. The second-order valence-electron chi connectivity index (χ2n) is 8.47. The van der Waals surface area contributed by atoms with E-state index in [0.29, 0.717) is 17.2 Å². The summed E-state index contributed by atoms with van der Waals surface area (Å²) in [5.74, 6) is -0.491. The lowest BCUT2D eigenvalue weighted by Crippen LogP contribution is -2.31. The molecule has 2 aromatic rings. The summed E-state index contributed by atoms with van der Waals surface area (Å²) in [7, 11) is 0. The van der Waals surface area contributed by atoms with Gasteiger partial charge in [-0.2, -0.15) is 0 Å². The number of hydrogen-bond donors (Lipinski definition) is 1. The number of carbonyl (C=O) groups is 3. The Balaban J connectivity index is 1.58. The molecule has 1 N–H and O–H groups in total. The minimum atomic E-state index is -0.260. The highest BCUT2D eigenvalue weighted by atomic mass is 16.2. The lowest BCUT2D eigenvalue weighted by molar-refractivity contribution is -0.122. The quantitative estimate of drug-likeness (QED) is 0.786. The lowest BCUT2D eigenvalue weighted by atomic mass is 9.76. The first kappa shape index (κ1) is 19.4. The summed E-state index contributed by atoms with van der Waals surface area (Å²) in [6.07, 6.45) is 2.50. The summed E-state index contributed by atoms with van der Waals surface area (Å²) in [5.41, 5.74) is 3.77. The van der Waals surface area contributed by atoms with Crippen LogP contribution in [0.4, 0.5) is 11.4 Å². The molecular weight excluding hydrogens is 364 g/mol. The fourth-order valence-electron chi connectivity index (χ4n) is 4.58. The molecule has 150 valence electrons. The Morgan fingerprint density at radius 2 is 1.76 bits per heavy atom. The number of hydrogen-bond acceptors (Lipinski definition) is 3. The van der Waals surface area contributed by atoms with E-state index in [1.165, 1.54) is 4.90 Å². The molecule has 0 aromatic heterocycles. The zero-order chi connectivity index (χ0) is 20.7. The maximum absolute atomic E-state index is 12.9. The van der Waals surface area contributed by atoms with E-state index in [2.05, 4.69) is 12.2 Å². The third kappa shape index (κ3) is 3.57. The van der Waals surface area contributed by atoms with Crippen molar-refractivity contribution in [2.45, 2.75) is 40.0 Å². The molecule has 1 saturated heterocycles. The van der Waals surface area contributed by atoms with E-state index in [1.807, 2.05) is 32.0 Å². The fraction of sp³-hybridized carbons (Fsp3) is 0.375. The largest absolute Gasteiger partial charge is 0.322 e. The Labute approximate surface area is 171 Å². The molecule has 4 rings (SSSR count). The number of benzene rings is 2. The van der Waals surface area contributed by atoms with Crippen LogP contribution in [0, 0.1) is 31.6 Å². The Morgan fingerprint density at radius 3 is 2.52 bits per heavy atom. The molecule has 1 heterocycles. The minimum Gasteiger partial charge on any atom is -0.322 e. The molecule has 1 saturated carbocycles. The van der Waals surface area contributed by atoms with Gasteiger partial charge in [0.05, 0.1) is 17.5 Å². The van der Waals surface area contributed by atoms with Crippen LogP contribution in [0.15, 0.2) is 42.5 Å². The topological polar surface area (TPSA) is 66.5 Å². The third-order valence-corrected chi connectivity index (χ3v) is 6.18. The van der Waals surface area contributed by atoms with Crippen molar-refractivity contribution in [2.75, 3.05) is 10.2 Å². The maximum atomic E-state index is 12.9. The van der Waals surface area contributed by atoms with Crippen molar-refractivity contribution in [3.8, 4) is 0 Å². The SMILES string of the molecule is Cc1ccc(NC(=O)c2cccc(N3C(=O)[C@H]4C[C@H](C)CC[C@H]4C3=O)c2)c(C)c1. The van der Waals surface area contributed by atoms with Crippen LogP contribution in [-0.2, 0) is 9.59 Å². The predicted octanol–water partition coefficient (Wildman–Crippen LogP) is 4.48. The van der Waals surface area contributed by atoms with Gasteiger partial charge in [0.1, 0.15) is 0 Å². The highest BCUT2D eigenvalue weighted by molar-refractivity contribution is 6.22. The average molecular weight is 390 g/mol. The van der Waals surface area contributed by atoms with Crippen molar-refractivity contribution >= 4 is 29.1 Å². The zero-order valence-corrected chi connectivity index (χ0v) is 17.1. The molecule has 2 fully saturated rings. The Kier molecular flexibility index (Phi) is 4.99. The first-order chi connectivity index (χ1) is 13.8. The summed E-state index contributed by atoms with van der Waals surface area (Å²) in [6.45, 7) is 6.09. The van der Waals surface area contributed by atoms with E-state index in [-0.39, 0.29) is 29.6 Å². The summed E-state index contributed by atoms with van der Waals surface area (Å²) in [6, 6.07) is 12.6. The van der Waals surface area contributed by atoms with Gasteiger partial charge in [0.15, 0.2) is 0 Å². The standard InChI is InChI=1S/C24H26N2O3/c1-14-8-10-21(16(3)11-14)25-22(27)17-5-4-6-18(13-17)26-23(28)19-9-7-15(2)12-20(19)24(26)29/h4-6,8,10-11,13,15,19-20H,7,9,12H2,1-3H3,(H,25,27)/t15-,19-,20+/m1/s1. The van der Waals surface area contributed by atoms with Gasteiger partial charge in [-0.25, -0.2) is 0 Å². The predicted molar refractivity (Wildman–Crippen MR) is 113 cm³/mol. The molecule has 2 aromatic carbocycles.